The first-order chi connectivity index (χ1) is 12.8. The highest BCUT2D eigenvalue weighted by molar-refractivity contribution is 5.94. The molecule has 0 saturated heterocycles. The normalized spacial score (nSPS) is 10.6. The number of carbonyl (C=O) groups is 1. The molecule has 0 aliphatic heterocycles. The third-order valence-electron chi connectivity index (χ3n) is 3.90. The van der Waals surface area contributed by atoms with Crippen LogP contribution in [-0.4, -0.2) is 25.8 Å². The number of carbonyl (C=O) groups excluding carboxylic acids is 1. The highest BCUT2D eigenvalue weighted by Gasteiger charge is 2.11. The fourth-order valence-electron chi connectivity index (χ4n) is 2.69. The molecule has 0 aliphatic carbocycles. The summed E-state index contributed by atoms with van der Waals surface area (Å²) >= 11 is 0. The molecule has 0 spiro atoms. The molecule has 3 aromatic heterocycles. The maximum absolute atomic E-state index is 12.4. The molecule has 3 heterocycles. The third-order valence-corrected chi connectivity index (χ3v) is 3.90. The molecule has 1 N–H and O–H groups in total. The van der Waals surface area contributed by atoms with Gasteiger partial charge in [0.25, 0.3) is 0 Å². The number of benzene rings is 1. The van der Waals surface area contributed by atoms with Crippen LogP contribution < -0.4 is 5.32 Å². The summed E-state index contributed by atoms with van der Waals surface area (Å²) in [7, 11) is 0. The molecule has 0 radical (unpaired) electrons. The standard InChI is InChI=1S/C20H15N5O/c26-18(24-17-8-1-2-10-22-17)11-14-5-3-6-15-13-23-20(25-19(14)15)16-7-4-9-21-12-16/h1-10,12-13H,11H2,(H,22,24,26). The second-order valence-corrected chi connectivity index (χ2v) is 5.73. The fraction of sp³-hybridized carbons (Fsp3) is 0.0500. The summed E-state index contributed by atoms with van der Waals surface area (Å²) in [5, 5.41) is 3.69. The first kappa shape index (κ1) is 15.8. The number of hydrogen-bond donors (Lipinski definition) is 1. The van der Waals surface area contributed by atoms with E-state index >= 15 is 0 Å². The molecule has 1 aromatic carbocycles. The van der Waals surface area contributed by atoms with Gasteiger partial charge in [-0.05, 0) is 29.8 Å². The maximum atomic E-state index is 12.4. The number of nitrogens with one attached hydrogen (secondary N) is 1. The van der Waals surface area contributed by atoms with E-state index in [9.17, 15) is 4.79 Å². The number of nitrogens with zero attached hydrogens (tertiary/aromatic N) is 4. The number of pyridine rings is 2. The van der Waals surface area contributed by atoms with Crippen LogP contribution in [0.15, 0.2) is 73.3 Å². The zero-order chi connectivity index (χ0) is 17.8. The third kappa shape index (κ3) is 3.39. The molecule has 0 unspecified atom stereocenters. The second kappa shape index (κ2) is 7.06. The number of para-hydroxylation sites is 1. The van der Waals surface area contributed by atoms with Gasteiger partial charge < -0.3 is 5.32 Å². The maximum Gasteiger partial charge on any atom is 0.230 e. The van der Waals surface area contributed by atoms with Crippen LogP contribution in [0.25, 0.3) is 22.3 Å². The molecular weight excluding hydrogens is 326 g/mol. The van der Waals surface area contributed by atoms with Crippen molar-refractivity contribution in [1.29, 1.82) is 0 Å². The van der Waals surface area contributed by atoms with Crippen molar-refractivity contribution >= 4 is 22.6 Å². The van der Waals surface area contributed by atoms with Gasteiger partial charge >= 0.3 is 0 Å². The molecule has 4 rings (SSSR count). The molecule has 0 saturated carbocycles. The summed E-state index contributed by atoms with van der Waals surface area (Å²) in [6.45, 7) is 0. The Labute approximate surface area is 150 Å². The quantitative estimate of drug-likeness (QED) is 0.616. The monoisotopic (exact) mass is 341 g/mol. The number of amides is 1. The van der Waals surface area contributed by atoms with E-state index in [-0.39, 0.29) is 12.3 Å². The molecule has 6 heteroatoms. The molecular formula is C20H15N5O. The van der Waals surface area contributed by atoms with Gasteiger partial charge in [-0.25, -0.2) is 15.0 Å². The number of fused-ring (bicyclic) bond motifs is 1. The van der Waals surface area contributed by atoms with E-state index in [4.69, 9.17) is 0 Å². The van der Waals surface area contributed by atoms with Crippen LogP contribution in [0.1, 0.15) is 5.56 Å². The van der Waals surface area contributed by atoms with E-state index < -0.39 is 0 Å². The Morgan fingerprint density at radius 1 is 0.923 bits per heavy atom. The Hall–Kier alpha value is -3.67. The van der Waals surface area contributed by atoms with Crippen LogP contribution in [0.2, 0.25) is 0 Å². The van der Waals surface area contributed by atoms with Gasteiger partial charge in [-0.2, -0.15) is 0 Å². The average molecular weight is 341 g/mol. The van der Waals surface area contributed by atoms with E-state index in [2.05, 4.69) is 25.3 Å². The van der Waals surface area contributed by atoms with Crippen LogP contribution in [0, 0.1) is 0 Å². The molecule has 0 bridgehead atoms. The molecule has 1 amide bonds. The number of anilines is 1. The Morgan fingerprint density at radius 2 is 1.88 bits per heavy atom. The van der Waals surface area contributed by atoms with Crippen LogP contribution >= 0.6 is 0 Å². The lowest BCUT2D eigenvalue weighted by atomic mass is 10.1. The van der Waals surface area contributed by atoms with Crippen LogP contribution in [0.4, 0.5) is 5.82 Å². The summed E-state index contributed by atoms with van der Waals surface area (Å²) in [5.74, 6) is 0.976. The van der Waals surface area contributed by atoms with Gasteiger partial charge in [0.15, 0.2) is 5.82 Å². The van der Waals surface area contributed by atoms with Crippen LogP contribution in [-0.2, 0) is 11.2 Å². The number of hydrogen-bond acceptors (Lipinski definition) is 5. The predicted molar refractivity (Wildman–Crippen MR) is 99.3 cm³/mol. The van der Waals surface area contributed by atoms with E-state index in [0.717, 1.165) is 22.0 Å². The molecule has 26 heavy (non-hydrogen) atoms. The van der Waals surface area contributed by atoms with Crippen molar-refractivity contribution in [3.8, 4) is 11.4 Å². The second-order valence-electron chi connectivity index (χ2n) is 5.73. The first-order valence-electron chi connectivity index (χ1n) is 8.15. The van der Waals surface area contributed by atoms with Gasteiger partial charge in [-0.3, -0.25) is 9.78 Å². The van der Waals surface area contributed by atoms with Crippen molar-refractivity contribution in [2.45, 2.75) is 6.42 Å². The lowest BCUT2D eigenvalue weighted by Gasteiger charge is -2.08. The Balaban J connectivity index is 1.65. The van der Waals surface area contributed by atoms with Crippen molar-refractivity contribution in [2.75, 3.05) is 5.32 Å². The van der Waals surface area contributed by atoms with Gasteiger partial charge in [0.2, 0.25) is 5.91 Å². The van der Waals surface area contributed by atoms with E-state index in [1.54, 1.807) is 36.9 Å². The SMILES string of the molecule is O=C(Cc1cccc2cnc(-c3cccnc3)nc12)Nc1ccccn1. The molecule has 6 nitrogen and oxygen atoms in total. The smallest absolute Gasteiger partial charge is 0.230 e. The summed E-state index contributed by atoms with van der Waals surface area (Å²) in [5.41, 5.74) is 2.43. The van der Waals surface area contributed by atoms with E-state index in [1.165, 1.54) is 0 Å². The van der Waals surface area contributed by atoms with Crippen molar-refractivity contribution < 1.29 is 4.79 Å². The number of rotatable bonds is 4. The van der Waals surface area contributed by atoms with Gasteiger partial charge in [-0.1, -0.05) is 24.3 Å². The first-order valence-corrected chi connectivity index (χ1v) is 8.15. The van der Waals surface area contributed by atoms with Crippen LogP contribution in [0.3, 0.4) is 0 Å². The largest absolute Gasteiger partial charge is 0.310 e. The average Bonchev–Trinajstić information content (AvgIpc) is 2.69. The summed E-state index contributed by atoms with van der Waals surface area (Å²) in [6, 6.07) is 14.9. The zero-order valence-corrected chi connectivity index (χ0v) is 13.8. The minimum Gasteiger partial charge on any atom is -0.310 e. The van der Waals surface area contributed by atoms with Gasteiger partial charge in [0, 0.05) is 35.7 Å². The van der Waals surface area contributed by atoms with Crippen molar-refractivity contribution in [3.05, 3.63) is 78.9 Å². The zero-order valence-electron chi connectivity index (χ0n) is 13.8. The molecule has 0 atom stereocenters. The van der Waals surface area contributed by atoms with Crippen molar-refractivity contribution in [3.63, 3.8) is 0 Å². The highest BCUT2D eigenvalue weighted by atomic mass is 16.1. The minimum atomic E-state index is -0.141. The van der Waals surface area contributed by atoms with E-state index in [1.807, 2.05) is 36.4 Å². The van der Waals surface area contributed by atoms with Gasteiger partial charge in [0.05, 0.1) is 11.9 Å². The van der Waals surface area contributed by atoms with Crippen molar-refractivity contribution in [1.82, 2.24) is 19.9 Å². The highest BCUT2D eigenvalue weighted by Crippen LogP contribution is 2.21. The Bertz CT molecular complexity index is 1050. The topological polar surface area (TPSA) is 80.7 Å². The molecule has 0 fully saturated rings. The molecule has 4 aromatic rings. The van der Waals surface area contributed by atoms with Gasteiger partial charge in [0.1, 0.15) is 5.82 Å². The summed E-state index contributed by atoms with van der Waals surface area (Å²) in [6.07, 6.45) is 7.04. The van der Waals surface area contributed by atoms with Gasteiger partial charge in [-0.15, -0.1) is 0 Å². The minimum absolute atomic E-state index is 0.141. The predicted octanol–water partition coefficient (Wildman–Crippen LogP) is 3.27. The Morgan fingerprint density at radius 3 is 2.69 bits per heavy atom. The van der Waals surface area contributed by atoms with E-state index in [0.29, 0.717) is 11.6 Å². The lowest BCUT2D eigenvalue weighted by molar-refractivity contribution is -0.115. The van der Waals surface area contributed by atoms with Crippen molar-refractivity contribution in [2.24, 2.45) is 0 Å². The molecule has 0 aliphatic rings. The lowest BCUT2D eigenvalue weighted by Crippen LogP contribution is -2.15. The fourth-order valence-corrected chi connectivity index (χ4v) is 2.69. The summed E-state index contributed by atoms with van der Waals surface area (Å²) < 4.78 is 0. The van der Waals surface area contributed by atoms with Crippen LogP contribution in [0.5, 0.6) is 0 Å². The summed E-state index contributed by atoms with van der Waals surface area (Å²) in [4.78, 5) is 29.7. The number of aromatic nitrogens is 4. The molecule has 126 valence electrons. The Kier molecular flexibility index (Phi) is 4.30.